The molecule has 4 aromatic rings. The summed E-state index contributed by atoms with van der Waals surface area (Å²) in [5.41, 5.74) is 3.43. The number of anilines is 1. The van der Waals surface area contributed by atoms with Crippen LogP contribution in [0.15, 0.2) is 36.9 Å². The number of amides is 1. The van der Waals surface area contributed by atoms with Crippen LogP contribution in [0.2, 0.25) is 0 Å². The van der Waals surface area contributed by atoms with E-state index in [0.717, 1.165) is 33.8 Å². The zero-order chi connectivity index (χ0) is 26.3. The molecule has 0 fully saturated rings. The number of aryl methyl sites for hydroxylation is 2. The van der Waals surface area contributed by atoms with Crippen molar-refractivity contribution in [2.45, 2.75) is 72.4 Å². The third-order valence-electron chi connectivity index (χ3n) is 6.31. The van der Waals surface area contributed by atoms with E-state index in [0.29, 0.717) is 30.0 Å². The topological polar surface area (TPSA) is 119 Å². The molecule has 2 N–H and O–H groups in total. The van der Waals surface area contributed by atoms with Crippen LogP contribution in [0.25, 0.3) is 33.8 Å². The van der Waals surface area contributed by atoms with E-state index in [2.05, 4.69) is 25.3 Å². The minimum absolute atomic E-state index is 0.119. The summed E-state index contributed by atoms with van der Waals surface area (Å²) in [7, 11) is 0. The number of nitrogens with zero attached hydrogens (tertiary/aromatic N) is 6. The molecule has 9 heteroatoms. The monoisotopic (exact) mass is 487 g/mol. The summed E-state index contributed by atoms with van der Waals surface area (Å²) in [6, 6.07) is 5.79. The molecule has 0 bridgehead atoms. The highest BCUT2D eigenvalue weighted by molar-refractivity contribution is 6.06. The van der Waals surface area contributed by atoms with E-state index in [1.165, 1.54) is 6.33 Å². The van der Waals surface area contributed by atoms with Gasteiger partial charge < -0.3 is 15.0 Å². The fraction of sp³-hybridized carbons (Fsp3) is 0.407. The SMILES string of the molecule is CC.CCn1c(-c2cnc(C)nc2)nc2c(-c3ccc4c(c3)C(C)(CC(C)(C)O)C(=O)N4)ncnc21. The Hall–Kier alpha value is -3.72. The Morgan fingerprint density at radius 1 is 1.08 bits per heavy atom. The maximum absolute atomic E-state index is 12.9. The number of nitrogens with one attached hydrogen (secondary N) is 1. The predicted octanol–water partition coefficient (Wildman–Crippen LogP) is 4.68. The van der Waals surface area contributed by atoms with Crippen molar-refractivity contribution in [2.75, 3.05) is 5.32 Å². The number of benzene rings is 1. The molecule has 4 heterocycles. The second-order valence-electron chi connectivity index (χ2n) is 9.63. The first-order valence-electron chi connectivity index (χ1n) is 12.3. The fourth-order valence-corrected chi connectivity index (χ4v) is 4.86. The summed E-state index contributed by atoms with van der Waals surface area (Å²) in [5, 5.41) is 13.4. The zero-order valence-electron chi connectivity index (χ0n) is 21.9. The van der Waals surface area contributed by atoms with Crippen LogP contribution in [0, 0.1) is 6.92 Å². The summed E-state index contributed by atoms with van der Waals surface area (Å²) < 4.78 is 2.02. The Bertz CT molecular complexity index is 1420. The second kappa shape index (κ2) is 9.39. The van der Waals surface area contributed by atoms with Crippen molar-refractivity contribution in [1.29, 1.82) is 0 Å². The van der Waals surface area contributed by atoms with Gasteiger partial charge in [0.15, 0.2) is 5.65 Å². The average Bonchev–Trinajstić information content (AvgIpc) is 3.34. The molecule has 188 valence electrons. The van der Waals surface area contributed by atoms with Gasteiger partial charge in [-0.25, -0.2) is 24.9 Å². The van der Waals surface area contributed by atoms with Crippen molar-refractivity contribution in [3.05, 3.63) is 48.3 Å². The lowest BCUT2D eigenvalue weighted by Crippen LogP contribution is -2.38. The van der Waals surface area contributed by atoms with Crippen molar-refractivity contribution in [1.82, 2.24) is 29.5 Å². The van der Waals surface area contributed by atoms with Crippen molar-refractivity contribution in [3.8, 4) is 22.6 Å². The molecule has 9 nitrogen and oxygen atoms in total. The number of imidazole rings is 1. The van der Waals surface area contributed by atoms with Gasteiger partial charge in [-0.15, -0.1) is 0 Å². The molecular formula is C27H33N7O2. The molecule has 36 heavy (non-hydrogen) atoms. The first kappa shape index (κ1) is 25.4. The number of hydrogen-bond donors (Lipinski definition) is 2. The van der Waals surface area contributed by atoms with E-state index < -0.39 is 11.0 Å². The number of carbonyl (C=O) groups is 1. The molecular weight excluding hydrogens is 454 g/mol. The largest absolute Gasteiger partial charge is 0.390 e. The van der Waals surface area contributed by atoms with Gasteiger partial charge in [0.1, 0.15) is 29.2 Å². The Morgan fingerprint density at radius 3 is 2.42 bits per heavy atom. The maximum Gasteiger partial charge on any atom is 0.234 e. The minimum atomic E-state index is -1.00. The minimum Gasteiger partial charge on any atom is -0.390 e. The first-order valence-corrected chi connectivity index (χ1v) is 12.3. The summed E-state index contributed by atoms with van der Waals surface area (Å²) in [6.07, 6.45) is 5.35. The van der Waals surface area contributed by atoms with Gasteiger partial charge >= 0.3 is 0 Å². The van der Waals surface area contributed by atoms with Crippen LogP contribution in [0.4, 0.5) is 5.69 Å². The third kappa shape index (κ3) is 4.35. The van der Waals surface area contributed by atoms with Gasteiger partial charge in [0.25, 0.3) is 0 Å². The molecule has 1 unspecified atom stereocenters. The predicted molar refractivity (Wildman–Crippen MR) is 140 cm³/mol. The number of aliphatic hydroxyl groups is 1. The highest BCUT2D eigenvalue weighted by Gasteiger charge is 2.45. The van der Waals surface area contributed by atoms with Crippen LogP contribution < -0.4 is 5.32 Å². The lowest BCUT2D eigenvalue weighted by atomic mass is 9.75. The number of rotatable bonds is 5. The smallest absolute Gasteiger partial charge is 0.234 e. The summed E-state index contributed by atoms with van der Waals surface area (Å²) in [5.74, 6) is 1.30. The lowest BCUT2D eigenvalue weighted by Gasteiger charge is -2.29. The van der Waals surface area contributed by atoms with Crippen molar-refractivity contribution < 1.29 is 9.90 Å². The van der Waals surface area contributed by atoms with E-state index in [1.807, 2.05) is 57.4 Å². The Kier molecular flexibility index (Phi) is 6.62. The molecule has 1 atom stereocenters. The molecule has 0 saturated heterocycles. The summed E-state index contributed by atoms with van der Waals surface area (Å²) >= 11 is 0. The van der Waals surface area contributed by atoms with Gasteiger partial charge in [0.2, 0.25) is 5.91 Å². The van der Waals surface area contributed by atoms with Crippen LogP contribution in [0.5, 0.6) is 0 Å². The summed E-state index contributed by atoms with van der Waals surface area (Å²) in [4.78, 5) is 35.5. The molecule has 1 amide bonds. The summed E-state index contributed by atoms with van der Waals surface area (Å²) in [6.45, 7) is 13.9. The van der Waals surface area contributed by atoms with Crippen LogP contribution >= 0.6 is 0 Å². The number of aromatic nitrogens is 6. The van der Waals surface area contributed by atoms with Gasteiger partial charge in [-0.2, -0.15) is 0 Å². The van der Waals surface area contributed by atoms with E-state index in [9.17, 15) is 9.90 Å². The zero-order valence-corrected chi connectivity index (χ0v) is 21.9. The Balaban J connectivity index is 0.00000148. The molecule has 0 saturated carbocycles. The molecule has 1 aromatic carbocycles. The standard InChI is InChI=1S/C25H27N7O2.C2H6/c1-6-32-21(16-10-26-14(2)27-11-16)31-20-19(28-13-29-22(20)32)15-7-8-18-17(9-15)25(5,23(33)30-18)12-24(3,4)34;1-2/h7-11,13,34H,6,12H2,1-5H3,(H,30,33);1-2H3. The highest BCUT2D eigenvalue weighted by Crippen LogP contribution is 2.44. The van der Waals surface area contributed by atoms with E-state index >= 15 is 0 Å². The highest BCUT2D eigenvalue weighted by atomic mass is 16.3. The first-order chi connectivity index (χ1) is 17.1. The second-order valence-corrected chi connectivity index (χ2v) is 9.63. The van der Waals surface area contributed by atoms with E-state index in [1.54, 1.807) is 26.2 Å². The maximum atomic E-state index is 12.9. The van der Waals surface area contributed by atoms with Gasteiger partial charge in [0.05, 0.1) is 16.6 Å². The van der Waals surface area contributed by atoms with E-state index in [4.69, 9.17) is 4.98 Å². The Labute approximate surface area is 211 Å². The van der Waals surface area contributed by atoms with Crippen molar-refractivity contribution in [3.63, 3.8) is 0 Å². The van der Waals surface area contributed by atoms with Crippen molar-refractivity contribution in [2.24, 2.45) is 0 Å². The number of fused-ring (bicyclic) bond motifs is 2. The molecule has 0 radical (unpaired) electrons. The van der Waals surface area contributed by atoms with Crippen LogP contribution in [0.3, 0.4) is 0 Å². The molecule has 3 aromatic heterocycles. The molecule has 0 spiro atoms. The van der Waals surface area contributed by atoms with Crippen molar-refractivity contribution >= 4 is 22.8 Å². The van der Waals surface area contributed by atoms with Crippen LogP contribution in [-0.2, 0) is 16.8 Å². The molecule has 1 aliphatic heterocycles. The fourth-order valence-electron chi connectivity index (χ4n) is 4.86. The average molecular weight is 488 g/mol. The van der Waals surface area contributed by atoms with Gasteiger partial charge in [-0.1, -0.05) is 19.9 Å². The van der Waals surface area contributed by atoms with Crippen LogP contribution in [0.1, 0.15) is 59.4 Å². The number of hydrogen-bond acceptors (Lipinski definition) is 7. The lowest BCUT2D eigenvalue weighted by molar-refractivity contribution is -0.122. The molecule has 0 aliphatic carbocycles. The van der Waals surface area contributed by atoms with Gasteiger partial charge in [-0.3, -0.25) is 4.79 Å². The quantitative estimate of drug-likeness (QED) is 0.420. The van der Waals surface area contributed by atoms with Gasteiger partial charge in [-0.05, 0) is 58.7 Å². The molecule has 5 rings (SSSR count). The molecule has 1 aliphatic rings. The number of carbonyl (C=O) groups excluding carboxylic acids is 1. The normalized spacial score (nSPS) is 16.9. The van der Waals surface area contributed by atoms with Gasteiger partial charge in [0, 0.05) is 30.2 Å². The Morgan fingerprint density at radius 2 is 1.78 bits per heavy atom. The third-order valence-corrected chi connectivity index (χ3v) is 6.31. The van der Waals surface area contributed by atoms with Crippen LogP contribution in [-0.4, -0.2) is 46.1 Å². The van der Waals surface area contributed by atoms with E-state index in [-0.39, 0.29) is 5.91 Å².